The number of para-hydroxylation sites is 2. The molecular formula is C66H48N2Si2. The van der Waals surface area contributed by atoms with Crippen molar-refractivity contribution in [2.75, 3.05) is 0 Å². The molecule has 0 fully saturated rings. The van der Waals surface area contributed by atoms with Gasteiger partial charge in [0.05, 0.1) is 22.1 Å². The van der Waals surface area contributed by atoms with Crippen LogP contribution in [0.3, 0.4) is 0 Å². The Balaban J connectivity index is 1.19. The molecule has 2 nitrogen and oxygen atoms in total. The fourth-order valence-electron chi connectivity index (χ4n) is 11.9. The van der Waals surface area contributed by atoms with E-state index in [0.29, 0.717) is 0 Å². The van der Waals surface area contributed by atoms with E-state index in [9.17, 15) is 0 Å². The molecule has 0 spiro atoms. The van der Waals surface area contributed by atoms with Crippen LogP contribution in [0.2, 0.25) is 0 Å². The Kier molecular flexibility index (Phi) is 10.2. The summed E-state index contributed by atoms with van der Waals surface area (Å²) >= 11 is 0. The third-order valence-electron chi connectivity index (χ3n) is 14.8. The lowest BCUT2D eigenvalue weighted by atomic mass is 10.1. The average Bonchev–Trinajstić information content (AvgIpc) is 3.96. The molecule has 330 valence electrons. The van der Waals surface area contributed by atoms with Gasteiger partial charge in [-0.05, 0) is 84.0 Å². The Morgan fingerprint density at radius 1 is 0.214 bits per heavy atom. The summed E-state index contributed by atoms with van der Waals surface area (Å²) < 4.78 is 5.08. The minimum atomic E-state index is -2.92. The Bertz CT molecular complexity index is 3770. The summed E-state index contributed by atoms with van der Waals surface area (Å²) in [6.45, 7) is 0. The van der Waals surface area contributed by atoms with E-state index in [0.717, 1.165) is 11.4 Å². The molecule has 0 radical (unpaired) electrons. The maximum atomic E-state index is 2.59. The highest BCUT2D eigenvalue weighted by Crippen LogP contribution is 2.42. The van der Waals surface area contributed by atoms with Crippen LogP contribution < -0.4 is 41.5 Å². The van der Waals surface area contributed by atoms with Gasteiger partial charge >= 0.3 is 0 Å². The standard InChI is InChI=1S/C66H48N2Si2/c1-8-25-49(26-9-1)68-62-42-23-22-41-59(62)60-45-46-63-65(66(60)68)61-44-43-58(70(54-34-16-5-17-35-54,55-36-18-6-19-37-55)56-38-20-7-21-39-56)48-64(61)67(63)50-27-24-40-57(47-50)69(51-28-10-2-11-29-51,52-30-12-3-13-31-52)53-32-14-4-15-33-53/h1-48H. The van der Waals surface area contributed by atoms with Crippen molar-refractivity contribution < 1.29 is 0 Å². The summed E-state index contributed by atoms with van der Waals surface area (Å²) in [5.74, 6) is 0. The smallest absolute Gasteiger partial charge is 0.179 e. The zero-order valence-electron chi connectivity index (χ0n) is 38.6. The molecule has 13 aromatic rings. The molecule has 0 aliphatic rings. The van der Waals surface area contributed by atoms with Crippen molar-refractivity contribution in [1.29, 1.82) is 0 Å². The van der Waals surface area contributed by atoms with Gasteiger partial charge < -0.3 is 9.13 Å². The zero-order chi connectivity index (χ0) is 46.5. The summed E-state index contributed by atoms with van der Waals surface area (Å²) in [5, 5.41) is 15.8. The third kappa shape index (κ3) is 6.38. The largest absolute Gasteiger partial charge is 0.309 e. The maximum absolute atomic E-state index is 2.92. The molecule has 2 aromatic heterocycles. The summed E-state index contributed by atoms with van der Waals surface area (Å²) in [5.41, 5.74) is 7.07. The van der Waals surface area contributed by atoms with Crippen molar-refractivity contribution >= 4 is 101 Å². The summed E-state index contributed by atoms with van der Waals surface area (Å²) in [6, 6.07) is 109. The highest BCUT2D eigenvalue weighted by atomic mass is 28.3. The minimum absolute atomic E-state index is 1.14. The monoisotopic (exact) mass is 924 g/mol. The van der Waals surface area contributed by atoms with Gasteiger partial charge in [-0.3, -0.25) is 0 Å². The van der Waals surface area contributed by atoms with E-state index < -0.39 is 16.1 Å². The van der Waals surface area contributed by atoms with Crippen LogP contribution in [0.25, 0.3) is 55.0 Å². The van der Waals surface area contributed by atoms with Gasteiger partial charge in [0, 0.05) is 32.9 Å². The predicted octanol–water partition coefficient (Wildman–Crippen LogP) is 10.6. The zero-order valence-corrected chi connectivity index (χ0v) is 40.6. The Hall–Kier alpha value is -8.55. The predicted molar refractivity (Wildman–Crippen MR) is 302 cm³/mol. The molecule has 2 heterocycles. The average molecular weight is 925 g/mol. The van der Waals surface area contributed by atoms with Gasteiger partial charge in [-0.1, -0.05) is 249 Å². The number of benzene rings is 11. The lowest BCUT2D eigenvalue weighted by molar-refractivity contribution is 1.18. The SMILES string of the molecule is c1ccc(-n2c3ccccc3c3ccc4c(c5ccc([Si](c6ccccc6)(c6ccccc6)c6ccccc6)cc5n4-c4cccc([Si](c5ccccc5)(c5ccccc5)c5ccccc5)c4)c32)cc1. The fraction of sp³-hybridized carbons (Fsp3) is 0. The van der Waals surface area contributed by atoms with Crippen LogP contribution in [0.5, 0.6) is 0 Å². The van der Waals surface area contributed by atoms with E-state index in [1.54, 1.807) is 0 Å². The van der Waals surface area contributed by atoms with Crippen LogP contribution in [0.15, 0.2) is 291 Å². The highest BCUT2D eigenvalue weighted by molar-refractivity contribution is 7.20. The molecule has 0 bridgehead atoms. The van der Waals surface area contributed by atoms with Crippen LogP contribution in [0, 0.1) is 0 Å². The number of aromatic nitrogens is 2. The summed E-state index contributed by atoms with van der Waals surface area (Å²) in [7, 11) is -5.80. The van der Waals surface area contributed by atoms with E-state index >= 15 is 0 Å². The quantitative estimate of drug-likeness (QED) is 0.0956. The molecule has 4 heteroatoms. The van der Waals surface area contributed by atoms with Crippen molar-refractivity contribution in [2.24, 2.45) is 0 Å². The van der Waals surface area contributed by atoms with Crippen LogP contribution in [0.1, 0.15) is 0 Å². The molecule has 0 saturated heterocycles. The number of hydrogen-bond donors (Lipinski definition) is 0. The molecular weight excluding hydrogens is 877 g/mol. The molecule has 0 saturated carbocycles. The number of nitrogens with zero attached hydrogens (tertiary/aromatic N) is 2. The topological polar surface area (TPSA) is 9.86 Å². The fourth-order valence-corrected chi connectivity index (χ4v) is 21.5. The lowest BCUT2D eigenvalue weighted by Crippen LogP contribution is -2.74. The molecule has 0 unspecified atom stereocenters. The first-order valence-corrected chi connectivity index (χ1v) is 28.3. The Labute approximate surface area is 410 Å². The minimum Gasteiger partial charge on any atom is -0.309 e. The Morgan fingerprint density at radius 2 is 0.600 bits per heavy atom. The van der Waals surface area contributed by atoms with E-state index in [4.69, 9.17) is 0 Å². The second kappa shape index (κ2) is 17.2. The summed E-state index contributed by atoms with van der Waals surface area (Å²) in [4.78, 5) is 0. The van der Waals surface area contributed by atoms with Gasteiger partial charge in [0.1, 0.15) is 0 Å². The first-order valence-electron chi connectivity index (χ1n) is 24.3. The van der Waals surface area contributed by atoms with Crippen molar-refractivity contribution in [3.05, 3.63) is 291 Å². The third-order valence-corrected chi connectivity index (χ3v) is 24.3. The van der Waals surface area contributed by atoms with Crippen LogP contribution in [-0.4, -0.2) is 25.3 Å². The van der Waals surface area contributed by atoms with E-state index in [-0.39, 0.29) is 0 Å². The van der Waals surface area contributed by atoms with Gasteiger partial charge in [-0.25, -0.2) is 0 Å². The first kappa shape index (κ1) is 41.6. The molecule has 0 aliphatic carbocycles. The number of rotatable bonds is 10. The number of hydrogen-bond acceptors (Lipinski definition) is 0. The van der Waals surface area contributed by atoms with Gasteiger partial charge in [-0.15, -0.1) is 0 Å². The van der Waals surface area contributed by atoms with E-state index in [1.807, 2.05) is 0 Å². The summed E-state index contributed by atoms with van der Waals surface area (Å²) in [6.07, 6.45) is 0. The highest BCUT2D eigenvalue weighted by Gasteiger charge is 2.43. The van der Waals surface area contributed by atoms with Crippen molar-refractivity contribution in [1.82, 2.24) is 9.13 Å². The van der Waals surface area contributed by atoms with Gasteiger partial charge in [0.25, 0.3) is 0 Å². The van der Waals surface area contributed by atoms with Gasteiger partial charge in [0.15, 0.2) is 16.1 Å². The lowest BCUT2D eigenvalue weighted by Gasteiger charge is -2.35. The normalized spacial score (nSPS) is 12.0. The molecule has 11 aromatic carbocycles. The van der Waals surface area contributed by atoms with E-state index in [1.165, 1.54) is 85.1 Å². The van der Waals surface area contributed by atoms with Crippen molar-refractivity contribution in [2.45, 2.75) is 0 Å². The second-order valence-corrected chi connectivity index (χ2v) is 26.0. The molecule has 0 aliphatic heterocycles. The second-order valence-electron chi connectivity index (χ2n) is 18.4. The van der Waals surface area contributed by atoms with Gasteiger partial charge in [-0.2, -0.15) is 0 Å². The molecule has 70 heavy (non-hydrogen) atoms. The van der Waals surface area contributed by atoms with E-state index in [2.05, 4.69) is 300 Å². The maximum Gasteiger partial charge on any atom is 0.179 e. The molecule has 0 amide bonds. The van der Waals surface area contributed by atoms with Crippen LogP contribution in [-0.2, 0) is 0 Å². The van der Waals surface area contributed by atoms with Crippen LogP contribution in [0.4, 0.5) is 0 Å². The molecule has 0 N–H and O–H groups in total. The first-order chi connectivity index (χ1) is 34.8. The molecule has 0 atom stereocenters. The van der Waals surface area contributed by atoms with Gasteiger partial charge in [0.2, 0.25) is 0 Å². The van der Waals surface area contributed by atoms with Crippen molar-refractivity contribution in [3.8, 4) is 11.4 Å². The number of fused-ring (bicyclic) bond motifs is 7. The van der Waals surface area contributed by atoms with Crippen LogP contribution >= 0.6 is 0 Å². The molecule has 13 rings (SSSR count). The van der Waals surface area contributed by atoms with Crippen molar-refractivity contribution in [3.63, 3.8) is 0 Å². The Morgan fingerprint density at radius 3 is 1.09 bits per heavy atom.